The van der Waals surface area contributed by atoms with Gasteiger partial charge in [0.2, 0.25) is 5.65 Å². The molecule has 0 aliphatic heterocycles. The van der Waals surface area contributed by atoms with Crippen molar-refractivity contribution in [3.8, 4) is 6.07 Å². The Morgan fingerprint density at radius 3 is 2.76 bits per heavy atom. The summed E-state index contributed by atoms with van der Waals surface area (Å²) in [5, 5.41) is 17.2. The van der Waals surface area contributed by atoms with Crippen LogP contribution in [0.25, 0.3) is 11.2 Å². The second-order valence-electron chi connectivity index (χ2n) is 6.66. The molecule has 0 bridgehead atoms. The van der Waals surface area contributed by atoms with E-state index in [0.717, 1.165) is 48.2 Å². The second-order valence-corrected chi connectivity index (χ2v) is 6.66. The van der Waals surface area contributed by atoms with Gasteiger partial charge in [0.05, 0.1) is 22.9 Å². The molecule has 25 heavy (non-hydrogen) atoms. The molecule has 1 aliphatic carbocycles. The smallest absolute Gasteiger partial charge is 0.226 e. The highest BCUT2D eigenvalue weighted by atomic mass is 16.6. The Morgan fingerprint density at radius 2 is 2.08 bits per heavy atom. The molecule has 4 rings (SSSR count). The van der Waals surface area contributed by atoms with Crippen LogP contribution in [0, 0.1) is 18.3 Å². The largest absolute Gasteiger partial charge is 0.396 e. The van der Waals surface area contributed by atoms with E-state index in [0.29, 0.717) is 23.3 Å². The highest BCUT2D eigenvalue weighted by molar-refractivity contribution is 5.85. The molecule has 126 valence electrons. The van der Waals surface area contributed by atoms with Crippen LogP contribution >= 0.6 is 0 Å². The van der Waals surface area contributed by atoms with Crippen molar-refractivity contribution in [3.05, 3.63) is 40.8 Å². The van der Waals surface area contributed by atoms with Gasteiger partial charge in [-0.05, 0) is 41.7 Å². The lowest BCUT2D eigenvalue weighted by Gasteiger charge is -2.19. The predicted octanol–water partition coefficient (Wildman–Crippen LogP) is 2.83. The van der Waals surface area contributed by atoms with Crippen molar-refractivity contribution in [2.75, 3.05) is 5.73 Å². The van der Waals surface area contributed by atoms with Crippen LogP contribution in [0.5, 0.6) is 0 Å². The number of rotatable bonds is 3. The fourth-order valence-corrected chi connectivity index (χ4v) is 3.63. The quantitative estimate of drug-likeness (QED) is 0.783. The van der Waals surface area contributed by atoms with Gasteiger partial charge in [-0.1, -0.05) is 18.9 Å². The summed E-state index contributed by atoms with van der Waals surface area (Å²) in [7, 11) is 0. The number of nitriles is 1. The van der Waals surface area contributed by atoms with Crippen molar-refractivity contribution in [2.45, 2.75) is 44.4 Å². The number of fused-ring (bicyclic) bond motifs is 1. The van der Waals surface area contributed by atoms with Crippen LogP contribution in [-0.2, 0) is 11.8 Å². The lowest BCUT2D eigenvalue weighted by molar-refractivity contribution is 0.315. The summed E-state index contributed by atoms with van der Waals surface area (Å²) in [5.41, 5.74) is 10.8. The topological polar surface area (TPSA) is 115 Å². The SMILES string of the molecule is Cc1nc2nonc2c(N)c1Cc1ccc(C2(C#N)CCCC2)nc1. The van der Waals surface area contributed by atoms with E-state index in [1.54, 1.807) is 0 Å². The average Bonchev–Trinajstić information content (AvgIpc) is 3.29. The molecule has 7 heteroatoms. The molecule has 0 spiro atoms. The van der Waals surface area contributed by atoms with Crippen LogP contribution in [0.3, 0.4) is 0 Å². The van der Waals surface area contributed by atoms with E-state index in [-0.39, 0.29) is 0 Å². The standard InChI is InChI=1S/C18H18N6O/c1-11-13(15(20)16-17(22-11)24-25-23-16)8-12-4-5-14(21-9-12)18(10-19)6-2-3-7-18/h4-5,9H,2-3,6-8,20H2,1H3. The lowest BCUT2D eigenvalue weighted by atomic mass is 9.84. The molecule has 1 aliphatic rings. The Kier molecular flexibility index (Phi) is 3.61. The summed E-state index contributed by atoms with van der Waals surface area (Å²) in [6, 6.07) is 6.47. The first-order valence-corrected chi connectivity index (χ1v) is 8.37. The number of pyridine rings is 2. The van der Waals surface area contributed by atoms with Crippen LogP contribution in [0.1, 0.15) is 48.2 Å². The number of aromatic nitrogens is 4. The molecule has 1 saturated carbocycles. The molecule has 0 aromatic carbocycles. The molecule has 0 atom stereocenters. The predicted molar refractivity (Wildman–Crippen MR) is 91.6 cm³/mol. The molecule has 2 N–H and O–H groups in total. The zero-order valence-corrected chi connectivity index (χ0v) is 14.0. The molecule has 0 saturated heterocycles. The van der Waals surface area contributed by atoms with E-state index in [2.05, 4.69) is 26.4 Å². The summed E-state index contributed by atoms with van der Waals surface area (Å²) in [6.07, 6.45) is 6.38. The van der Waals surface area contributed by atoms with Crippen LogP contribution in [0.15, 0.2) is 23.0 Å². The van der Waals surface area contributed by atoms with E-state index in [4.69, 9.17) is 10.4 Å². The van der Waals surface area contributed by atoms with Gasteiger partial charge in [0.15, 0.2) is 5.52 Å². The Bertz CT molecular complexity index is 964. The highest BCUT2D eigenvalue weighted by Gasteiger charge is 2.37. The van der Waals surface area contributed by atoms with Gasteiger partial charge < -0.3 is 5.73 Å². The summed E-state index contributed by atoms with van der Waals surface area (Å²) in [5.74, 6) is 0. The van der Waals surface area contributed by atoms with Crippen molar-refractivity contribution in [1.82, 2.24) is 20.3 Å². The third-order valence-corrected chi connectivity index (χ3v) is 5.13. The Labute approximate surface area is 144 Å². The monoisotopic (exact) mass is 334 g/mol. The minimum absolute atomic E-state index is 0.416. The maximum atomic E-state index is 9.59. The van der Waals surface area contributed by atoms with E-state index < -0.39 is 5.41 Å². The fraction of sp³-hybridized carbons (Fsp3) is 0.389. The number of nitrogen functional groups attached to an aromatic ring is 1. The summed E-state index contributed by atoms with van der Waals surface area (Å²) >= 11 is 0. The Hall–Kier alpha value is -3.01. The zero-order valence-electron chi connectivity index (χ0n) is 14.0. The Balaban J connectivity index is 1.65. The first-order chi connectivity index (χ1) is 12.1. The van der Waals surface area contributed by atoms with Crippen LogP contribution in [-0.4, -0.2) is 20.3 Å². The highest BCUT2D eigenvalue weighted by Crippen LogP contribution is 2.39. The normalized spacial score (nSPS) is 16.2. The van der Waals surface area contributed by atoms with Crippen LogP contribution in [0.2, 0.25) is 0 Å². The summed E-state index contributed by atoms with van der Waals surface area (Å²) < 4.78 is 4.72. The fourth-order valence-electron chi connectivity index (χ4n) is 3.63. The van der Waals surface area contributed by atoms with Gasteiger partial charge >= 0.3 is 0 Å². The molecular formula is C18H18N6O. The molecular weight excluding hydrogens is 316 g/mol. The number of nitrogens with zero attached hydrogens (tertiary/aromatic N) is 5. The summed E-state index contributed by atoms with van der Waals surface area (Å²) in [6.45, 7) is 1.89. The third kappa shape index (κ3) is 2.50. The van der Waals surface area contributed by atoms with E-state index in [1.165, 1.54) is 0 Å². The van der Waals surface area contributed by atoms with Gasteiger partial charge in [-0.2, -0.15) is 5.26 Å². The number of hydrogen-bond acceptors (Lipinski definition) is 7. The molecule has 1 fully saturated rings. The second kappa shape index (κ2) is 5.81. The molecule has 0 amide bonds. The third-order valence-electron chi connectivity index (χ3n) is 5.13. The maximum absolute atomic E-state index is 9.59. The molecule has 7 nitrogen and oxygen atoms in total. The van der Waals surface area contributed by atoms with Crippen LogP contribution in [0.4, 0.5) is 5.69 Å². The van der Waals surface area contributed by atoms with E-state index in [9.17, 15) is 5.26 Å². The van der Waals surface area contributed by atoms with Crippen molar-refractivity contribution in [1.29, 1.82) is 5.26 Å². The number of anilines is 1. The van der Waals surface area contributed by atoms with Gasteiger partial charge in [0, 0.05) is 23.9 Å². The molecule has 0 radical (unpaired) electrons. The van der Waals surface area contributed by atoms with Gasteiger partial charge in [-0.25, -0.2) is 9.61 Å². The van der Waals surface area contributed by atoms with Crippen molar-refractivity contribution < 1.29 is 4.63 Å². The minimum atomic E-state index is -0.416. The van der Waals surface area contributed by atoms with Gasteiger partial charge in [0.25, 0.3) is 0 Å². The molecule has 3 heterocycles. The average molecular weight is 334 g/mol. The van der Waals surface area contributed by atoms with Crippen molar-refractivity contribution >= 4 is 16.9 Å². The number of aryl methyl sites for hydroxylation is 1. The van der Waals surface area contributed by atoms with Crippen molar-refractivity contribution in [3.63, 3.8) is 0 Å². The first kappa shape index (κ1) is 15.5. The number of nitrogens with two attached hydrogens (primary N) is 1. The van der Waals surface area contributed by atoms with Gasteiger partial charge in [-0.15, -0.1) is 0 Å². The van der Waals surface area contributed by atoms with E-state index in [1.807, 2.05) is 25.3 Å². The maximum Gasteiger partial charge on any atom is 0.226 e. The lowest BCUT2D eigenvalue weighted by Crippen LogP contribution is -2.21. The zero-order chi connectivity index (χ0) is 17.4. The molecule has 3 aromatic heterocycles. The first-order valence-electron chi connectivity index (χ1n) is 8.37. The van der Waals surface area contributed by atoms with Gasteiger partial charge in [-0.3, -0.25) is 4.98 Å². The van der Waals surface area contributed by atoms with Crippen molar-refractivity contribution in [2.24, 2.45) is 0 Å². The van der Waals surface area contributed by atoms with Gasteiger partial charge in [0.1, 0.15) is 0 Å². The number of hydrogen-bond donors (Lipinski definition) is 1. The van der Waals surface area contributed by atoms with Crippen LogP contribution < -0.4 is 5.73 Å². The minimum Gasteiger partial charge on any atom is -0.396 e. The molecule has 0 unspecified atom stereocenters. The molecule has 3 aromatic rings. The Morgan fingerprint density at radius 1 is 1.28 bits per heavy atom. The summed E-state index contributed by atoms with van der Waals surface area (Å²) in [4.78, 5) is 8.97. The van der Waals surface area contributed by atoms with E-state index >= 15 is 0 Å².